The van der Waals surface area contributed by atoms with Crippen LogP contribution in [0.25, 0.3) is 0 Å². The van der Waals surface area contributed by atoms with E-state index in [4.69, 9.17) is 10.3 Å². The molecule has 5 nitrogen and oxygen atoms in total. The van der Waals surface area contributed by atoms with Crippen LogP contribution in [0.4, 0.5) is 0 Å². The third-order valence-corrected chi connectivity index (χ3v) is 3.52. The molecule has 0 aliphatic heterocycles. The summed E-state index contributed by atoms with van der Waals surface area (Å²) < 4.78 is 5.12. The van der Waals surface area contributed by atoms with Gasteiger partial charge in [0.15, 0.2) is 0 Å². The Balaban J connectivity index is 1.98. The van der Waals surface area contributed by atoms with E-state index in [1.165, 1.54) is 0 Å². The van der Waals surface area contributed by atoms with Crippen LogP contribution in [0, 0.1) is 13.8 Å². The van der Waals surface area contributed by atoms with Crippen LogP contribution in [0.3, 0.4) is 0 Å². The van der Waals surface area contributed by atoms with Gasteiger partial charge in [-0.2, -0.15) is 0 Å². The van der Waals surface area contributed by atoms with E-state index in [1.807, 2.05) is 51.1 Å². The molecular weight excluding hydrogens is 266 g/mol. The van der Waals surface area contributed by atoms with Gasteiger partial charge >= 0.3 is 0 Å². The van der Waals surface area contributed by atoms with Gasteiger partial charge in [-0.25, -0.2) is 0 Å². The summed E-state index contributed by atoms with van der Waals surface area (Å²) in [5, 5.41) is 6.82. The Labute approximate surface area is 124 Å². The van der Waals surface area contributed by atoms with Gasteiger partial charge < -0.3 is 15.6 Å². The lowest BCUT2D eigenvalue weighted by Gasteiger charge is -2.17. The zero-order valence-corrected chi connectivity index (χ0v) is 12.6. The van der Waals surface area contributed by atoms with Crippen molar-refractivity contribution in [1.29, 1.82) is 0 Å². The number of amides is 1. The molecule has 0 fully saturated rings. The number of benzene rings is 1. The summed E-state index contributed by atoms with van der Waals surface area (Å²) in [6, 6.07) is 8.99. The van der Waals surface area contributed by atoms with E-state index in [2.05, 4.69) is 10.5 Å². The maximum Gasteiger partial charge on any atom is 0.237 e. The monoisotopic (exact) mass is 287 g/mol. The van der Waals surface area contributed by atoms with E-state index in [9.17, 15) is 4.79 Å². The van der Waals surface area contributed by atoms with Crippen LogP contribution >= 0.6 is 0 Å². The minimum atomic E-state index is -0.574. The number of nitrogens with one attached hydrogen (secondary N) is 1. The number of rotatable bonds is 5. The Hall–Kier alpha value is -2.14. The molecule has 0 saturated heterocycles. The standard InChI is InChI=1S/C16H21N3O2/c1-10(15-11(2)19-21-12(15)3)18-16(20)14(17)9-13-7-5-4-6-8-13/h4-8,10,14H,9,17H2,1-3H3,(H,18,20)/t10?,14-/m0/s1. The second kappa shape index (κ2) is 6.54. The molecule has 0 aliphatic rings. The molecular formula is C16H21N3O2. The average molecular weight is 287 g/mol. The number of carbonyl (C=O) groups is 1. The van der Waals surface area contributed by atoms with Crippen LogP contribution in [0.15, 0.2) is 34.9 Å². The predicted octanol–water partition coefficient (Wildman–Crippen LogP) is 2.04. The molecule has 0 aliphatic carbocycles. The summed E-state index contributed by atoms with van der Waals surface area (Å²) >= 11 is 0. The Morgan fingerprint density at radius 1 is 1.33 bits per heavy atom. The fourth-order valence-electron chi connectivity index (χ4n) is 2.46. The molecule has 1 unspecified atom stereocenters. The van der Waals surface area contributed by atoms with E-state index in [1.54, 1.807) is 0 Å². The second-order valence-corrected chi connectivity index (χ2v) is 5.26. The van der Waals surface area contributed by atoms with Gasteiger partial charge in [-0.1, -0.05) is 35.5 Å². The summed E-state index contributed by atoms with van der Waals surface area (Å²) in [6.45, 7) is 5.60. The molecule has 2 aromatic rings. The zero-order valence-electron chi connectivity index (χ0n) is 12.6. The molecule has 1 aromatic heterocycles. The lowest BCUT2D eigenvalue weighted by Crippen LogP contribution is -2.43. The SMILES string of the molecule is Cc1noc(C)c1C(C)NC(=O)[C@@H](N)Cc1ccccc1. The maximum atomic E-state index is 12.2. The molecule has 0 saturated carbocycles. The Morgan fingerprint density at radius 2 is 2.00 bits per heavy atom. The van der Waals surface area contributed by atoms with Gasteiger partial charge in [0.2, 0.25) is 5.91 Å². The van der Waals surface area contributed by atoms with Crippen molar-refractivity contribution in [3.05, 3.63) is 52.9 Å². The molecule has 112 valence electrons. The highest BCUT2D eigenvalue weighted by Crippen LogP contribution is 2.20. The van der Waals surface area contributed by atoms with Crippen molar-refractivity contribution < 1.29 is 9.32 Å². The van der Waals surface area contributed by atoms with Crippen molar-refractivity contribution in [2.75, 3.05) is 0 Å². The highest BCUT2D eigenvalue weighted by Gasteiger charge is 2.21. The maximum absolute atomic E-state index is 12.2. The molecule has 0 bridgehead atoms. The van der Waals surface area contributed by atoms with Crippen molar-refractivity contribution in [2.45, 2.75) is 39.3 Å². The molecule has 21 heavy (non-hydrogen) atoms. The zero-order chi connectivity index (χ0) is 15.4. The lowest BCUT2D eigenvalue weighted by atomic mass is 10.0. The Bertz CT molecular complexity index is 588. The molecule has 1 aromatic carbocycles. The van der Waals surface area contributed by atoms with E-state index in [0.29, 0.717) is 6.42 Å². The number of aryl methyl sites for hydroxylation is 2. The normalized spacial score (nSPS) is 13.7. The van der Waals surface area contributed by atoms with Gasteiger partial charge in [0, 0.05) is 5.56 Å². The van der Waals surface area contributed by atoms with E-state index < -0.39 is 6.04 Å². The minimum Gasteiger partial charge on any atom is -0.361 e. The van der Waals surface area contributed by atoms with Crippen LogP contribution in [-0.4, -0.2) is 17.1 Å². The van der Waals surface area contributed by atoms with Gasteiger partial charge in [0.1, 0.15) is 5.76 Å². The van der Waals surface area contributed by atoms with Crippen molar-refractivity contribution in [3.8, 4) is 0 Å². The first-order valence-corrected chi connectivity index (χ1v) is 7.01. The van der Waals surface area contributed by atoms with Crippen LogP contribution in [0.5, 0.6) is 0 Å². The summed E-state index contributed by atoms with van der Waals surface area (Å²) in [4.78, 5) is 12.2. The van der Waals surface area contributed by atoms with Crippen molar-refractivity contribution >= 4 is 5.91 Å². The fraction of sp³-hybridized carbons (Fsp3) is 0.375. The second-order valence-electron chi connectivity index (χ2n) is 5.26. The van der Waals surface area contributed by atoms with E-state index in [0.717, 1.165) is 22.6 Å². The van der Waals surface area contributed by atoms with Gasteiger partial charge in [0.25, 0.3) is 0 Å². The topological polar surface area (TPSA) is 81.2 Å². The summed E-state index contributed by atoms with van der Waals surface area (Å²) in [6.07, 6.45) is 0.515. The summed E-state index contributed by atoms with van der Waals surface area (Å²) in [7, 11) is 0. The Kier molecular flexibility index (Phi) is 4.75. The summed E-state index contributed by atoms with van der Waals surface area (Å²) in [5.74, 6) is 0.545. The highest BCUT2D eigenvalue weighted by atomic mass is 16.5. The van der Waals surface area contributed by atoms with Crippen LogP contribution in [0.2, 0.25) is 0 Å². The number of hydrogen-bond donors (Lipinski definition) is 2. The first-order valence-electron chi connectivity index (χ1n) is 7.01. The smallest absolute Gasteiger partial charge is 0.237 e. The van der Waals surface area contributed by atoms with Gasteiger partial charge in [-0.3, -0.25) is 4.79 Å². The van der Waals surface area contributed by atoms with Crippen molar-refractivity contribution in [3.63, 3.8) is 0 Å². The number of hydrogen-bond acceptors (Lipinski definition) is 4. The highest BCUT2D eigenvalue weighted by molar-refractivity contribution is 5.82. The van der Waals surface area contributed by atoms with Gasteiger partial charge in [-0.15, -0.1) is 0 Å². The quantitative estimate of drug-likeness (QED) is 0.881. The molecule has 3 N–H and O–H groups in total. The third kappa shape index (κ3) is 3.70. The van der Waals surface area contributed by atoms with Crippen LogP contribution in [0.1, 0.15) is 35.5 Å². The van der Waals surface area contributed by atoms with Crippen LogP contribution in [-0.2, 0) is 11.2 Å². The fourth-order valence-corrected chi connectivity index (χ4v) is 2.46. The van der Waals surface area contributed by atoms with Crippen molar-refractivity contribution in [2.24, 2.45) is 5.73 Å². The van der Waals surface area contributed by atoms with E-state index in [-0.39, 0.29) is 11.9 Å². The number of aromatic nitrogens is 1. The minimum absolute atomic E-state index is 0.175. The van der Waals surface area contributed by atoms with Crippen molar-refractivity contribution in [1.82, 2.24) is 10.5 Å². The number of carbonyl (C=O) groups excluding carboxylic acids is 1. The van der Waals surface area contributed by atoms with Gasteiger partial charge in [0.05, 0.1) is 17.8 Å². The number of nitrogens with two attached hydrogens (primary N) is 1. The van der Waals surface area contributed by atoms with E-state index >= 15 is 0 Å². The average Bonchev–Trinajstić information content (AvgIpc) is 2.79. The number of nitrogens with zero attached hydrogens (tertiary/aromatic N) is 1. The molecule has 2 atom stereocenters. The third-order valence-electron chi connectivity index (χ3n) is 3.52. The molecule has 2 rings (SSSR count). The largest absolute Gasteiger partial charge is 0.361 e. The first kappa shape index (κ1) is 15.3. The molecule has 0 radical (unpaired) electrons. The first-order chi connectivity index (χ1) is 9.99. The van der Waals surface area contributed by atoms with Crippen LogP contribution < -0.4 is 11.1 Å². The summed E-state index contributed by atoms with van der Waals surface area (Å²) in [5.41, 5.74) is 8.72. The predicted molar refractivity (Wildman–Crippen MR) is 80.7 cm³/mol. The Morgan fingerprint density at radius 3 is 2.57 bits per heavy atom. The molecule has 1 heterocycles. The molecule has 5 heteroatoms. The lowest BCUT2D eigenvalue weighted by molar-refractivity contribution is -0.123. The molecule has 0 spiro atoms. The van der Waals surface area contributed by atoms with Gasteiger partial charge in [-0.05, 0) is 32.8 Å². The molecule has 1 amide bonds.